The molecule has 1 saturated heterocycles. The zero-order chi connectivity index (χ0) is 20.7. The lowest BCUT2D eigenvalue weighted by Gasteiger charge is -2.27. The molecule has 10 nitrogen and oxygen atoms in total. The van der Waals surface area contributed by atoms with Crippen LogP contribution in [0.1, 0.15) is 40.0 Å². The van der Waals surface area contributed by atoms with Crippen molar-refractivity contribution in [2.75, 3.05) is 13.1 Å². The Morgan fingerprint density at radius 1 is 1.19 bits per heavy atom. The van der Waals surface area contributed by atoms with Gasteiger partial charge in [-0.3, -0.25) is 14.4 Å². The number of rotatable bonds is 9. The maximum Gasteiger partial charge on any atom is 0.328 e. The molecular weight excluding hydrogens is 356 g/mol. The summed E-state index contributed by atoms with van der Waals surface area (Å²) in [5.41, 5.74) is 5.37. The number of aliphatic carboxylic acids is 1. The molecule has 0 aliphatic carbocycles. The number of aliphatic hydroxyl groups excluding tert-OH is 1. The van der Waals surface area contributed by atoms with Crippen molar-refractivity contribution in [3.63, 3.8) is 0 Å². The van der Waals surface area contributed by atoms with Crippen LogP contribution in [0.3, 0.4) is 0 Å². The number of likely N-dealkylation sites (tertiary alicyclic amines) is 1. The molecule has 0 spiro atoms. The molecule has 1 fully saturated rings. The first-order valence-electron chi connectivity index (χ1n) is 9.09. The Morgan fingerprint density at radius 3 is 2.30 bits per heavy atom. The fourth-order valence-corrected chi connectivity index (χ4v) is 3.07. The Labute approximate surface area is 158 Å². The van der Waals surface area contributed by atoms with Crippen molar-refractivity contribution >= 4 is 23.7 Å². The molecule has 0 bridgehead atoms. The number of hydrogen-bond donors (Lipinski definition) is 5. The lowest BCUT2D eigenvalue weighted by Crippen LogP contribution is -2.57. The fraction of sp³-hybridized carbons (Fsp3) is 0.765. The largest absolute Gasteiger partial charge is 0.480 e. The van der Waals surface area contributed by atoms with Gasteiger partial charge in [0.1, 0.15) is 12.1 Å². The monoisotopic (exact) mass is 386 g/mol. The second-order valence-corrected chi connectivity index (χ2v) is 7.21. The lowest BCUT2D eigenvalue weighted by atomic mass is 10.0. The highest BCUT2D eigenvalue weighted by Crippen LogP contribution is 2.18. The van der Waals surface area contributed by atoms with Crippen LogP contribution in [0.5, 0.6) is 0 Å². The van der Waals surface area contributed by atoms with Crippen LogP contribution in [-0.2, 0) is 19.2 Å². The smallest absolute Gasteiger partial charge is 0.328 e. The van der Waals surface area contributed by atoms with Gasteiger partial charge in [0, 0.05) is 6.54 Å². The summed E-state index contributed by atoms with van der Waals surface area (Å²) in [5, 5.41) is 23.5. The third-order valence-electron chi connectivity index (χ3n) is 4.44. The van der Waals surface area contributed by atoms with Crippen LogP contribution in [0, 0.1) is 5.92 Å². The van der Waals surface area contributed by atoms with E-state index in [0.29, 0.717) is 19.4 Å². The zero-order valence-electron chi connectivity index (χ0n) is 16.0. The number of carbonyl (C=O) groups is 4. The van der Waals surface area contributed by atoms with Crippen LogP contribution in [0.15, 0.2) is 0 Å². The summed E-state index contributed by atoms with van der Waals surface area (Å²) in [6, 6.07) is -3.16. The summed E-state index contributed by atoms with van der Waals surface area (Å²) < 4.78 is 0. The average Bonchev–Trinajstić information content (AvgIpc) is 3.06. The van der Waals surface area contributed by atoms with Crippen molar-refractivity contribution in [3.05, 3.63) is 0 Å². The van der Waals surface area contributed by atoms with E-state index in [9.17, 15) is 24.3 Å². The highest BCUT2D eigenvalue weighted by atomic mass is 16.4. The summed E-state index contributed by atoms with van der Waals surface area (Å²) >= 11 is 0. The van der Waals surface area contributed by atoms with E-state index in [4.69, 9.17) is 10.8 Å². The number of nitrogens with two attached hydrogens (primary N) is 1. The number of nitrogens with one attached hydrogen (secondary N) is 2. The van der Waals surface area contributed by atoms with Crippen molar-refractivity contribution in [2.45, 2.75) is 64.3 Å². The van der Waals surface area contributed by atoms with Gasteiger partial charge in [-0.15, -0.1) is 0 Å². The van der Waals surface area contributed by atoms with Gasteiger partial charge >= 0.3 is 5.97 Å². The minimum absolute atomic E-state index is 0.0428. The molecule has 3 amide bonds. The molecule has 0 aromatic carbocycles. The number of carbonyl (C=O) groups excluding carboxylic acids is 3. The molecule has 154 valence electrons. The third kappa shape index (κ3) is 6.47. The second-order valence-electron chi connectivity index (χ2n) is 7.21. The van der Waals surface area contributed by atoms with Gasteiger partial charge in [-0.25, -0.2) is 4.79 Å². The number of carboxylic acid groups (broad SMARTS) is 1. The SMILES string of the molecule is CC(C)CC(NC(=O)C1CCCN1C(=O)CN)C(=O)NC(C(=O)O)C(C)O. The normalized spacial score (nSPS) is 20.1. The number of hydrogen-bond acceptors (Lipinski definition) is 6. The Hall–Kier alpha value is -2.20. The average molecular weight is 386 g/mol. The fourth-order valence-electron chi connectivity index (χ4n) is 3.07. The first kappa shape index (κ1) is 22.8. The molecule has 0 radical (unpaired) electrons. The van der Waals surface area contributed by atoms with Gasteiger partial charge in [-0.2, -0.15) is 0 Å². The Kier molecular flexibility index (Phi) is 8.64. The minimum Gasteiger partial charge on any atom is -0.480 e. The minimum atomic E-state index is -1.48. The molecule has 10 heteroatoms. The van der Waals surface area contributed by atoms with E-state index in [-0.39, 0.29) is 24.8 Å². The molecule has 1 heterocycles. The van der Waals surface area contributed by atoms with Crippen molar-refractivity contribution < 1.29 is 29.4 Å². The molecule has 0 saturated carbocycles. The topological polar surface area (TPSA) is 162 Å². The van der Waals surface area contributed by atoms with E-state index in [0.717, 1.165) is 0 Å². The first-order chi connectivity index (χ1) is 12.6. The van der Waals surface area contributed by atoms with E-state index in [1.165, 1.54) is 11.8 Å². The second kappa shape index (κ2) is 10.2. The van der Waals surface area contributed by atoms with Gasteiger partial charge in [-0.05, 0) is 32.1 Å². The Balaban J connectivity index is 2.87. The predicted octanol–water partition coefficient (Wildman–Crippen LogP) is -1.58. The number of nitrogens with zero attached hydrogens (tertiary/aromatic N) is 1. The van der Waals surface area contributed by atoms with Gasteiger partial charge in [-0.1, -0.05) is 13.8 Å². The molecule has 0 aromatic rings. The van der Waals surface area contributed by atoms with Crippen LogP contribution in [0.25, 0.3) is 0 Å². The highest BCUT2D eigenvalue weighted by Gasteiger charge is 2.36. The molecule has 1 aliphatic heterocycles. The van der Waals surface area contributed by atoms with E-state index in [2.05, 4.69) is 10.6 Å². The van der Waals surface area contributed by atoms with E-state index >= 15 is 0 Å². The van der Waals surface area contributed by atoms with Gasteiger partial charge in [0.2, 0.25) is 17.7 Å². The summed E-state index contributed by atoms with van der Waals surface area (Å²) in [4.78, 5) is 49.6. The van der Waals surface area contributed by atoms with Crippen molar-refractivity contribution in [1.82, 2.24) is 15.5 Å². The number of aliphatic hydroxyl groups is 1. The molecule has 4 unspecified atom stereocenters. The lowest BCUT2D eigenvalue weighted by molar-refractivity contribution is -0.145. The maximum atomic E-state index is 12.6. The summed E-state index contributed by atoms with van der Waals surface area (Å²) in [7, 11) is 0. The molecule has 1 aliphatic rings. The van der Waals surface area contributed by atoms with Crippen LogP contribution < -0.4 is 16.4 Å². The summed E-state index contributed by atoms with van der Waals surface area (Å²) in [6.45, 7) is 5.20. The summed E-state index contributed by atoms with van der Waals surface area (Å²) in [5.74, 6) is -2.83. The quantitative estimate of drug-likeness (QED) is 0.319. The van der Waals surface area contributed by atoms with E-state index in [1.807, 2.05) is 13.8 Å². The predicted molar refractivity (Wildman–Crippen MR) is 96.4 cm³/mol. The maximum absolute atomic E-state index is 12.6. The van der Waals surface area contributed by atoms with Crippen molar-refractivity contribution in [2.24, 2.45) is 11.7 Å². The van der Waals surface area contributed by atoms with Crippen molar-refractivity contribution in [1.29, 1.82) is 0 Å². The van der Waals surface area contributed by atoms with Crippen molar-refractivity contribution in [3.8, 4) is 0 Å². The number of carboxylic acids is 1. The first-order valence-corrected chi connectivity index (χ1v) is 9.09. The Morgan fingerprint density at radius 2 is 1.81 bits per heavy atom. The molecule has 1 rings (SSSR count). The summed E-state index contributed by atoms with van der Waals surface area (Å²) in [6.07, 6.45) is 0.114. The van der Waals surface area contributed by atoms with Crippen LogP contribution in [0.4, 0.5) is 0 Å². The molecule has 0 aromatic heterocycles. The van der Waals surface area contributed by atoms with Crippen LogP contribution >= 0.6 is 0 Å². The van der Waals surface area contributed by atoms with E-state index < -0.39 is 42.0 Å². The molecule has 27 heavy (non-hydrogen) atoms. The molecule has 4 atom stereocenters. The number of amides is 3. The third-order valence-corrected chi connectivity index (χ3v) is 4.44. The standard InChI is InChI=1S/C17H30N4O6/c1-9(2)7-11(15(24)20-14(10(3)22)17(26)27)19-16(25)12-5-4-6-21(12)13(23)8-18/h9-12,14,22H,4-8,18H2,1-3H3,(H,19,25)(H,20,24)(H,26,27). The van der Waals surface area contributed by atoms with Gasteiger partial charge in [0.05, 0.1) is 12.6 Å². The molecule has 6 N–H and O–H groups in total. The van der Waals surface area contributed by atoms with Gasteiger partial charge in [0.25, 0.3) is 0 Å². The van der Waals surface area contributed by atoms with Gasteiger partial charge in [0.15, 0.2) is 6.04 Å². The molecular formula is C17H30N4O6. The van der Waals surface area contributed by atoms with Crippen LogP contribution in [0.2, 0.25) is 0 Å². The zero-order valence-corrected chi connectivity index (χ0v) is 16.0. The van der Waals surface area contributed by atoms with E-state index in [1.54, 1.807) is 0 Å². The highest BCUT2D eigenvalue weighted by molar-refractivity contribution is 5.94. The Bertz CT molecular complexity index is 566. The van der Waals surface area contributed by atoms with Crippen LogP contribution in [-0.4, -0.2) is 76.1 Å². The van der Waals surface area contributed by atoms with Gasteiger partial charge < -0.3 is 31.5 Å².